The van der Waals surface area contributed by atoms with Crippen molar-refractivity contribution < 1.29 is 32.2 Å². The molecular formula is C16H12F3NO4. The molecular weight excluding hydrogens is 327 g/mol. The van der Waals surface area contributed by atoms with E-state index >= 15 is 0 Å². The number of ether oxygens (including phenoxy) is 2. The topological polar surface area (TPSA) is 64.6 Å². The fraction of sp³-hybridized carbons (Fsp3) is 0.125. The van der Waals surface area contributed by atoms with Gasteiger partial charge in [-0.15, -0.1) is 13.2 Å². The second kappa shape index (κ2) is 7.03. The Morgan fingerprint density at radius 1 is 0.917 bits per heavy atom. The van der Waals surface area contributed by atoms with Crippen molar-refractivity contribution in [3.05, 3.63) is 48.5 Å². The number of esters is 1. The predicted molar refractivity (Wildman–Crippen MR) is 79.2 cm³/mol. The molecule has 0 aliphatic rings. The first-order valence-corrected chi connectivity index (χ1v) is 6.64. The van der Waals surface area contributed by atoms with Crippen molar-refractivity contribution in [2.75, 3.05) is 12.4 Å². The number of rotatable bonds is 3. The molecule has 1 amide bonds. The summed E-state index contributed by atoms with van der Waals surface area (Å²) < 4.78 is 44.4. The molecule has 0 unspecified atom stereocenters. The van der Waals surface area contributed by atoms with Crippen LogP contribution in [-0.2, 0) is 14.3 Å². The van der Waals surface area contributed by atoms with E-state index in [-0.39, 0.29) is 5.75 Å². The summed E-state index contributed by atoms with van der Waals surface area (Å²) in [5.41, 5.74) is 1.76. The standard InChI is InChI=1S/C16H12F3NO4/c1-23-15(22)14(21)20-12-6-2-10(3-7-12)11-4-8-13(9-5-11)24-16(17,18)19/h2-9H,1H3,(H,20,21). The van der Waals surface area contributed by atoms with Crippen LogP contribution in [0.15, 0.2) is 48.5 Å². The Hall–Kier alpha value is -3.03. The van der Waals surface area contributed by atoms with Crippen LogP contribution in [0.5, 0.6) is 5.75 Å². The van der Waals surface area contributed by atoms with E-state index in [4.69, 9.17) is 0 Å². The molecule has 8 heteroatoms. The second-order valence-corrected chi connectivity index (χ2v) is 4.60. The van der Waals surface area contributed by atoms with Gasteiger partial charge in [-0.2, -0.15) is 0 Å². The number of nitrogens with one attached hydrogen (secondary N) is 1. The summed E-state index contributed by atoms with van der Waals surface area (Å²) in [4.78, 5) is 22.4. The molecule has 0 aromatic heterocycles. The molecule has 0 fully saturated rings. The molecule has 0 aliphatic carbocycles. The molecule has 0 atom stereocenters. The molecule has 1 N–H and O–H groups in total. The fourth-order valence-corrected chi connectivity index (χ4v) is 1.87. The number of carbonyl (C=O) groups excluding carboxylic acids is 2. The third kappa shape index (κ3) is 4.73. The van der Waals surface area contributed by atoms with Gasteiger partial charge in [0.1, 0.15) is 5.75 Å². The number of hydrogen-bond donors (Lipinski definition) is 1. The normalized spacial score (nSPS) is 10.8. The lowest BCUT2D eigenvalue weighted by Gasteiger charge is -2.10. The molecule has 0 radical (unpaired) electrons. The van der Waals surface area contributed by atoms with Gasteiger partial charge in [0.25, 0.3) is 0 Å². The average molecular weight is 339 g/mol. The highest BCUT2D eigenvalue weighted by Gasteiger charge is 2.30. The summed E-state index contributed by atoms with van der Waals surface area (Å²) in [6.45, 7) is 0. The number of anilines is 1. The zero-order valence-corrected chi connectivity index (χ0v) is 12.4. The zero-order chi connectivity index (χ0) is 17.7. The minimum Gasteiger partial charge on any atom is -0.462 e. The van der Waals surface area contributed by atoms with E-state index in [9.17, 15) is 22.8 Å². The van der Waals surface area contributed by atoms with E-state index in [1.54, 1.807) is 24.3 Å². The van der Waals surface area contributed by atoms with Gasteiger partial charge >= 0.3 is 18.2 Å². The van der Waals surface area contributed by atoms with E-state index in [2.05, 4.69) is 14.8 Å². The van der Waals surface area contributed by atoms with Crippen molar-refractivity contribution in [3.63, 3.8) is 0 Å². The minimum atomic E-state index is -4.74. The van der Waals surface area contributed by atoms with Crippen molar-refractivity contribution in [3.8, 4) is 16.9 Å². The Kier molecular flexibility index (Phi) is 5.08. The third-order valence-electron chi connectivity index (χ3n) is 2.93. The molecule has 24 heavy (non-hydrogen) atoms. The van der Waals surface area contributed by atoms with Gasteiger partial charge in [-0.25, -0.2) is 4.79 Å². The summed E-state index contributed by atoms with van der Waals surface area (Å²) in [5, 5.41) is 2.35. The molecule has 0 spiro atoms. The summed E-state index contributed by atoms with van der Waals surface area (Å²) in [6, 6.07) is 11.8. The van der Waals surface area contributed by atoms with E-state index in [0.29, 0.717) is 16.8 Å². The van der Waals surface area contributed by atoms with Crippen molar-refractivity contribution in [2.24, 2.45) is 0 Å². The van der Waals surface area contributed by atoms with Crippen LogP contribution in [0.3, 0.4) is 0 Å². The van der Waals surface area contributed by atoms with Crippen molar-refractivity contribution in [1.82, 2.24) is 0 Å². The van der Waals surface area contributed by atoms with Crippen LogP contribution in [0.1, 0.15) is 0 Å². The lowest BCUT2D eigenvalue weighted by Crippen LogP contribution is -2.23. The van der Waals surface area contributed by atoms with Gasteiger partial charge in [0.05, 0.1) is 7.11 Å². The molecule has 0 saturated carbocycles. The molecule has 0 aliphatic heterocycles. The minimum absolute atomic E-state index is 0.312. The van der Waals surface area contributed by atoms with Gasteiger partial charge in [-0.1, -0.05) is 24.3 Å². The maximum atomic E-state index is 12.1. The number of hydrogen-bond acceptors (Lipinski definition) is 4. The Balaban J connectivity index is 2.08. The molecule has 0 bridgehead atoms. The van der Waals surface area contributed by atoms with Crippen LogP contribution < -0.4 is 10.1 Å². The van der Waals surface area contributed by atoms with E-state index in [1.165, 1.54) is 24.3 Å². The molecule has 0 heterocycles. The van der Waals surface area contributed by atoms with Crippen LogP contribution in [-0.4, -0.2) is 25.3 Å². The largest absolute Gasteiger partial charge is 0.573 e. The Bertz CT molecular complexity index is 724. The van der Waals surface area contributed by atoms with Crippen molar-refractivity contribution in [1.29, 1.82) is 0 Å². The highest BCUT2D eigenvalue weighted by atomic mass is 19.4. The van der Waals surface area contributed by atoms with E-state index in [0.717, 1.165) is 7.11 Å². The maximum absolute atomic E-state index is 12.1. The lowest BCUT2D eigenvalue weighted by molar-refractivity contribution is -0.274. The van der Waals surface area contributed by atoms with Gasteiger partial charge in [-0.05, 0) is 35.4 Å². The average Bonchev–Trinajstić information content (AvgIpc) is 2.54. The molecule has 5 nitrogen and oxygen atoms in total. The Labute approximate surface area is 135 Å². The molecule has 2 aromatic carbocycles. The first kappa shape index (κ1) is 17.3. The summed E-state index contributed by atoms with van der Waals surface area (Å²) in [5.74, 6) is -2.23. The maximum Gasteiger partial charge on any atom is 0.573 e. The van der Waals surface area contributed by atoms with Gasteiger partial charge in [0, 0.05) is 5.69 Å². The molecule has 0 saturated heterocycles. The van der Waals surface area contributed by atoms with Gasteiger partial charge in [0.15, 0.2) is 0 Å². The van der Waals surface area contributed by atoms with Crippen molar-refractivity contribution in [2.45, 2.75) is 6.36 Å². The Morgan fingerprint density at radius 2 is 1.42 bits per heavy atom. The molecule has 2 rings (SSSR count). The SMILES string of the molecule is COC(=O)C(=O)Nc1ccc(-c2ccc(OC(F)(F)F)cc2)cc1. The van der Waals surface area contributed by atoms with Gasteiger partial charge in [0.2, 0.25) is 0 Å². The van der Waals surface area contributed by atoms with Gasteiger partial charge < -0.3 is 14.8 Å². The predicted octanol–water partition coefficient (Wildman–Crippen LogP) is 3.36. The molecule has 2 aromatic rings. The Morgan fingerprint density at radius 3 is 1.88 bits per heavy atom. The number of carbonyl (C=O) groups is 2. The van der Waals surface area contributed by atoms with Gasteiger partial charge in [-0.3, -0.25) is 4.79 Å². The van der Waals surface area contributed by atoms with E-state index < -0.39 is 18.2 Å². The number of alkyl halides is 3. The second-order valence-electron chi connectivity index (χ2n) is 4.60. The summed E-state index contributed by atoms with van der Waals surface area (Å²) in [6.07, 6.45) is -4.74. The zero-order valence-electron chi connectivity index (χ0n) is 12.4. The highest BCUT2D eigenvalue weighted by molar-refractivity contribution is 6.37. The third-order valence-corrected chi connectivity index (χ3v) is 2.93. The molecule has 126 valence electrons. The highest BCUT2D eigenvalue weighted by Crippen LogP contribution is 2.27. The van der Waals surface area contributed by atoms with Crippen LogP contribution in [0.4, 0.5) is 18.9 Å². The monoisotopic (exact) mass is 339 g/mol. The first-order valence-electron chi connectivity index (χ1n) is 6.64. The van der Waals surface area contributed by atoms with Crippen LogP contribution in [0.25, 0.3) is 11.1 Å². The lowest BCUT2D eigenvalue weighted by atomic mass is 10.1. The van der Waals surface area contributed by atoms with Crippen molar-refractivity contribution >= 4 is 17.6 Å². The fourth-order valence-electron chi connectivity index (χ4n) is 1.87. The number of benzene rings is 2. The smallest absolute Gasteiger partial charge is 0.462 e. The summed E-state index contributed by atoms with van der Waals surface area (Å²) >= 11 is 0. The summed E-state index contributed by atoms with van der Waals surface area (Å²) in [7, 11) is 1.09. The van der Waals surface area contributed by atoms with Crippen LogP contribution in [0.2, 0.25) is 0 Å². The number of amides is 1. The first-order chi connectivity index (χ1) is 11.3. The van der Waals surface area contributed by atoms with E-state index in [1.807, 2.05) is 0 Å². The number of methoxy groups -OCH3 is 1. The number of halogens is 3. The quantitative estimate of drug-likeness (QED) is 0.688. The van der Waals surface area contributed by atoms with Crippen LogP contribution >= 0.6 is 0 Å². The van der Waals surface area contributed by atoms with Crippen LogP contribution in [0, 0.1) is 0 Å².